The van der Waals surface area contributed by atoms with Crippen molar-refractivity contribution in [2.24, 2.45) is 0 Å². The summed E-state index contributed by atoms with van der Waals surface area (Å²) in [6, 6.07) is 16.4. The normalized spacial score (nSPS) is 15.0. The third-order valence-electron chi connectivity index (χ3n) is 5.22. The van der Waals surface area contributed by atoms with Gasteiger partial charge >= 0.3 is 0 Å². The number of benzene rings is 2. The van der Waals surface area contributed by atoms with Gasteiger partial charge < -0.3 is 9.42 Å². The van der Waals surface area contributed by atoms with Gasteiger partial charge in [0.25, 0.3) is 0 Å². The molecule has 0 atom stereocenters. The van der Waals surface area contributed by atoms with Crippen LogP contribution >= 0.6 is 0 Å². The van der Waals surface area contributed by atoms with Crippen LogP contribution in [-0.2, 0) is 11.2 Å². The molecule has 0 aliphatic carbocycles. The zero-order valence-corrected chi connectivity index (χ0v) is 15.6. The smallest absolute Gasteiger partial charge is 0.230 e. The van der Waals surface area contributed by atoms with Crippen molar-refractivity contribution in [1.82, 2.24) is 15.0 Å². The zero-order chi connectivity index (χ0) is 19.3. The van der Waals surface area contributed by atoms with Gasteiger partial charge in [0.2, 0.25) is 17.6 Å². The molecule has 1 saturated heterocycles. The molecule has 4 rings (SSSR count). The molecule has 144 valence electrons. The third kappa shape index (κ3) is 4.11. The van der Waals surface area contributed by atoms with E-state index in [9.17, 15) is 9.18 Å². The first-order chi connectivity index (χ1) is 13.7. The van der Waals surface area contributed by atoms with E-state index in [0.717, 1.165) is 19.3 Å². The number of rotatable bonds is 5. The molecule has 0 saturated carbocycles. The van der Waals surface area contributed by atoms with Crippen LogP contribution in [-0.4, -0.2) is 34.0 Å². The maximum absolute atomic E-state index is 13.9. The van der Waals surface area contributed by atoms with Crippen molar-refractivity contribution < 1.29 is 13.7 Å². The van der Waals surface area contributed by atoms with Crippen LogP contribution in [0.4, 0.5) is 4.39 Å². The Balaban J connectivity index is 1.32. The Bertz CT molecular complexity index is 934. The standard InChI is InChI=1S/C22H22FN3O2/c23-19-9-5-4-8-18(19)21-24-22(28-25-21)17-12-14-26(15-13-17)20(27)11-10-16-6-2-1-3-7-16/h1-9,17H,10-15H2. The molecule has 0 radical (unpaired) electrons. The molecule has 5 nitrogen and oxygen atoms in total. The van der Waals surface area contributed by atoms with E-state index >= 15 is 0 Å². The molecule has 2 heterocycles. The average Bonchev–Trinajstić information content (AvgIpc) is 3.23. The Morgan fingerprint density at radius 2 is 1.79 bits per heavy atom. The number of aromatic nitrogens is 2. The lowest BCUT2D eigenvalue weighted by Gasteiger charge is -2.30. The van der Waals surface area contributed by atoms with Crippen LogP contribution in [0.25, 0.3) is 11.4 Å². The summed E-state index contributed by atoms with van der Waals surface area (Å²) in [5.41, 5.74) is 1.52. The van der Waals surface area contributed by atoms with Crippen LogP contribution in [0.15, 0.2) is 59.1 Å². The first-order valence-corrected chi connectivity index (χ1v) is 9.61. The van der Waals surface area contributed by atoms with E-state index in [-0.39, 0.29) is 23.5 Å². The number of likely N-dealkylation sites (tertiary alicyclic amines) is 1. The average molecular weight is 379 g/mol. The van der Waals surface area contributed by atoms with Gasteiger partial charge in [0.1, 0.15) is 5.82 Å². The van der Waals surface area contributed by atoms with Crippen molar-refractivity contribution in [2.45, 2.75) is 31.6 Å². The maximum atomic E-state index is 13.9. The van der Waals surface area contributed by atoms with E-state index in [0.29, 0.717) is 31.0 Å². The third-order valence-corrected chi connectivity index (χ3v) is 5.22. The molecule has 3 aromatic rings. The van der Waals surface area contributed by atoms with E-state index in [1.807, 2.05) is 35.2 Å². The van der Waals surface area contributed by atoms with Gasteiger partial charge in [-0.15, -0.1) is 0 Å². The highest BCUT2D eigenvalue weighted by atomic mass is 19.1. The molecule has 1 amide bonds. The number of amides is 1. The Kier molecular flexibility index (Phi) is 5.46. The highest BCUT2D eigenvalue weighted by Crippen LogP contribution is 2.29. The van der Waals surface area contributed by atoms with E-state index < -0.39 is 0 Å². The second kappa shape index (κ2) is 8.33. The van der Waals surface area contributed by atoms with E-state index in [1.54, 1.807) is 18.2 Å². The van der Waals surface area contributed by atoms with E-state index in [2.05, 4.69) is 10.1 Å². The predicted molar refractivity (Wildman–Crippen MR) is 103 cm³/mol. The fourth-order valence-electron chi connectivity index (χ4n) is 3.58. The molecule has 0 spiro atoms. The van der Waals surface area contributed by atoms with Gasteiger partial charge in [-0.2, -0.15) is 4.98 Å². The zero-order valence-electron chi connectivity index (χ0n) is 15.6. The molecule has 0 bridgehead atoms. The summed E-state index contributed by atoms with van der Waals surface area (Å²) >= 11 is 0. The molecule has 0 N–H and O–H groups in total. The summed E-state index contributed by atoms with van der Waals surface area (Å²) in [7, 11) is 0. The van der Waals surface area contributed by atoms with Crippen molar-refractivity contribution in [2.75, 3.05) is 13.1 Å². The van der Waals surface area contributed by atoms with E-state index in [4.69, 9.17) is 4.52 Å². The lowest BCUT2D eigenvalue weighted by molar-refractivity contribution is -0.132. The molecule has 1 aromatic heterocycles. The quantitative estimate of drug-likeness (QED) is 0.666. The lowest BCUT2D eigenvalue weighted by Crippen LogP contribution is -2.38. The van der Waals surface area contributed by atoms with Crippen LogP contribution in [0.3, 0.4) is 0 Å². The first kappa shape index (κ1) is 18.3. The second-order valence-electron chi connectivity index (χ2n) is 7.08. The number of hydrogen-bond donors (Lipinski definition) is 0. The molecular weight excluding hydrogens is 357 g/mol. The Labute approximate surface area is 163 Å². The van der Waals surface area contributed by atoms with Crippen molar-refractivity contribution in [3.05, 3.63) is 71.9 Å². The fourth-order valence-corrected chi connectivity index (χ4v) is 3.58. The van der Waals surface area contributed by atoms with Crippen molar-refractivity contribution >= 4 is 5.91 Å². The van der Waals surface area contributed by atoms with Crippen LogP contribution < -0.4 is 0 Å². The van der Waals surface area contributed by atoms with Crippen LogP contribution in [0, 0.1) is 5.82 Å². The number of nitrogens with zero attached hydrogens (tertiary/aromatic N) is 3. The number of hydrogen-bond acceptors (Lipinski definition) is 4. The SMILES string of the molecule is O=C(CCc1ccccc1)N1CCC(c2nc(-c3ccccc3F)no2)CC1. The number of carbonyl (C=O) groups is 1. The van der Waals surface area contributed by atoms with Gasteiger partial charge in [-0.25, -0.2) is 4.39 Å². The van der Waals surface area contributed by atoms with Gasteiger partial charge in [-0.1, -0.05) is 47.6 Å². The molecule has 2 aromatic carbocycles. The first-order valence-electron chi connectivity index (χ1n) is 9.61. The summed E-state index contributed by atoms with van der Waals surface area (Å²) in [4.78, 5) is 18.8. The van der Waals surface area contributed by atoms with Crippen molar-refractivity contribution in [3.8, 4) is 11.4 Å². The summed E-state index contributed by atoms with van der Waals surface area (Å²) in [5.74, 6) is 0.712. The molecule has 1 fully saturated rings. The molecule has 1 aliphatic heterocycles. The van der Waals surface area contributed by atoms with Crippen LogP contribution in [0.5, 0.6) is 0 Å². The minimum absolute atomic E-state index is 0.103. The van der Waals surface area contributed by atoms with Gasteiger partial charge in [-0.3, -0.25) is 4.79 Å². The van der Waals surface area contributed by atoms with Gasteiger partial charge in [0, 0.05) is 25.4 Å². The summed E-state index contributed by atoms with van der Waals surface area (Å²) in [6.07, 6.45) is 2.83. The van der Waals surface area contributed by atoms with Gasteiger partial charge in [0.05, 0.1) is 5.56 Å². The molecule has 1 aliphatic rings. The summed E-state index contributed by atoms with van der Waals surface area (Å²) < 4.78 is 19.3. The summed E-state index contributed by atoms with van der Waals surface area (Å²) in [5, 5.41) is 3.93. The highest BCUT2D eigenvalue weighted by Gasteiger charge is 2.27. The topological polar surface area (TPSA) is 59.2 Å². The van der Waals surface area contributed by atoms with Gasteiger partial charge in [0.15, 0.2) is 0 Å². The van der Waals surface area contributed by atoms with Crippen molar-refractivity contribution in [1.29, 1.82) is 0 Å². The number of carbonyl (C=O) groups excluding carboxylic acids is 1. The number of aryl methyl sites for hydroxylation is 1. The molecule has 0 unspecified atom stereocenters. The Hall–Kier alpha value is -3.02. The fraction of sp³-hybridized carbons (Fsp3) is 0.318. The van der Waals surface area contributed by atoms with Crippen LogP contribution in [0.1, 0.15) is 36.6 Å². The second-order valence-corrected chi connectivity index (χ2v) is 7.08. The Morgan fingerprint density at radius 1 is 1.07 bits per heavy atom. The van der Waals surface area contributed by atoms with E-state index in [1.165, 1.54) is 11.6 Å². The minimum Gasteiger partial charge on any atom is -0.343 e. The van der Waals surface area contributed by atoms with Crippen LogP contribution in [0.2, 0.25) is 0 Å². The predicted octanol–water partition coefficient (Wildman–Crippen LogP) is 4.21. The number of piperidine rings is 1. The van der Waals surface area contributed by atoms with Crippen molar-refractivity contribution in [3.63, 3.8) is 0 Å². The maximum Gasteiger partial charge on any atom is 0.230 e. The monoisotopic (exact) mass is 379 g/mol. The minimum atomic E-state index is -0.367. The molecular formula is C22H22FN3O2. The molecule has 28 heavy (non-hydrogen) atoms. The molecule has 6 heteroatoms. The highest BCUT2D eigenvalue weighted by molar-refractivity contribution is 5.76. The number of halogens is 1. The summed E-state index contributed by atoms with van der Waals surface area (Å²) in [6.45, 7) is 1.35. The Morgan fingerprint density at radius 3 is 2.54 bits per heavy atom. The largest absolute Gasteiger partial charge is 0.343 e. The van der Waals surface area contributed by atoms with Gasteiger partial charge in [-0.05, 0) is 37.0 Å². The lowest BCUT2D eigenvalue weighted by atomic mass is 9.96.